The smallest absolute Gasteiger partial charge is 0.216 e. The van der Waals surface area contributed by atoms with Crippen LogP contribution in [0.4, 0.5) is 0 Å². The standard InChI is InChI=1S/C15H27N3O/c1-5-8-16-13(7-3)12(4)14-10-15(18-11-17-14)19-9-6-2/h10-13,16H,5-9H2,1-4H3. The van der Waals surface area contributed by atoms with E-state index in [4.69, 9.17) is 4.74 Å². The van der Waals surface area contributed by atoms with Crippen molar-refractivity contribution in [2.24, 2.45) is 0 Å². The van der Waals surface area contributed by atoms with Gasteiger partial charge in [-0.15, -0.1) is 0 Å². The summed E-state index contributed by atoms with van der Waals surface area (Å²) in [6.07, 6.45) is 4.84. The molecule has 2 unspecified atom stereocenters. The minimum atomic E-state index is 0.364. The summed E-state index contributed by atoms with van der Waals surface area (Å²) in [4.78, 5) is 8.55. The van der Waals surface area contributed by atoms with Crippen LogP contribution in [-0.4, -0.2) is 29.2 Å². The van der Waals surface area contributed by atoms with Crippen molar-refractivity contribution in [1.82, 2.24) is 15.3 Å². The Labute approximate surface area is 117 Å². The maximum atomic E-state index is 5.57. The zero-order valence-electron chi connectivity index (χ0n) is 12.6. The Morgan fingerprint density at radius 3 is 2.63 bits per heavy atom. The van der Waals surface area contributed by atoms with Crippen molar-refractivity contribution >= 4 is 0 Å². The van der Waals surface area contributed by atoms with E-state index in [9.17, 15) is 0 Å². The van der Waals surface area contributed by atoms with E-state index >= 15 is 0 Å². The Morgan fingerprint density at radius 2 is 2.00 bits per heavy atom. The van der Waals surface area contributed by atoms with Gasteiger partial charge in [-0.3, -0.25) is 0 Å². The Morgan fingerprint density at radius 1 is 1.21 bits per heavy atom. The molecular formula is C15H27N3O. The molecule has 1 N–H and O–H groups in total. The molecule has 1 heterocycles. The molecule has 0 aliphatic carbocycles. The van der Waals surface area contributed by atoms with Gasteiger partial charge < -0.3 is 10.1 Å². The van der Waals surface area contributed by atoms with Crippen molar-refractivity contribution in [1.29, 1.82) is 0 Å². The number of nitrogens with zero attached hydrogens (tertiary/aromatic N) is 2. The first kappa shape index (κ1) is 15.9. The van der Waals surface area contributed by atoms with Crippen molar-refractivity contribution in [2.45, 2.75) is 58.9 Å². The topological polar surface area (TPSA) is 47.0 Å². The van der Waals surface area contributed by atoms with Crippen LogP contribution in [0.2, 0.25) is 0 Å². The van der Waals surface area contributed by atoms with Gasteiger partial charge in [0.1, 0.15) is 6.33 Å². The van der Waals surface area contributed by atoms with Gasteiger partial charge in [0.25, 0.3) is 0 Å². The van der Waals surface area contributed by atoms with Gasteiger partial charge in [0.2, 0.25) is 5.88 Å². The molecule has 4 nitrogen and oxygen atoms in total. The molecule has 19 heavy (non-hydrogen) atoms. The summed E-state index contributed by atoms with van der Waals surface area (Å²) in [5.41, 5.74) is 1.05. The highest BCUT2D eigenvalue weighted by Gasteiger charge is 2.18. The quantitative estimate of drug-likeness (QED) is 0.745. The van der Waals surface area contributed by atoms with Crippen LogP contribution >= 0.6 is 0 Å². The molecule has 0 amide bonds. The number of aromatic nitrogens is 2. The highest BCUT2D eigenvalue weighted by molar-refractivity contribution is 5.18. The molecule has 0 saturated heterocycles. The lowest BCUT2D eigenvalue weighted by Crippen LogP contribution is -2.34. The third-order valence-electron chi connectivity index (χ3n) is 3.28. The van der Waals surface area contributed by atoms with E-state index in [1.54, 1.807) is 6.33 Å². The molecule has 0 radical (unpaired) electrons. The summed E-state index contributed by atoms with van der Waals surface area (Å²) in [6.45, 7) is 10.4. The molecule has 0 aliphatic rings. The lowest BCUT2D eigenvalue weighted by Gasteiger charge is -2.23. The normalized spacial score (nSPS) is 14.1. The molecule has 2 atom stereocenters. The van der Waals surface area contributed by atoms with Crippen LogP contribution in [0.1, 0.15) is 58.6 Å². The van der Waals surface area contributed by atoms with Crippen LogP contribution in [0.5, 0.6) is 5.88 Å². The maximum absolute atomic E-state index is 5.57. The fraction of sp³-hybridized carbons (Fsp3) is 0.733. The second-order valence-electron chi connectivity index (χ2n) is 4.89. The largest absolute Gasteiger partial charge is 0.478 e. The first-order chi connectivity index (χ1) is 9.22. The number of hydrogen-bond acceptors (Lipinski definition) is 4. The van der Waals surface area contributed by atoms with Crippen LogP contribution in [0.15, 0.2) is 12.4 Å². The second-order valence-corrected chi connectivity index (χ2v) is 4.89. The van der Waals surface area contributed by atoms with Gasteiger partial charge in [0.05, 0.1) is 12.3 Å². The van der Waals surface area contributed by atoms with Crippen LogP contribution in [-0.2, 0) is 0 Å². The Kier molecular flexibility index (Phi) is 7.41. The minimum absolute atomic E-state index is 0.364. The van der Waals surface area contributed by atoms with Gasteiger partial charge in [-0.05, 0) is 25.8 Å². The van der Waals surface area contributed by atoms with Crippen molar-refractivity contribution < 1.29 is 4.74 Å². The van der Waals surface area contributed by atoms with E-state index in [1.165, 1.54) is 0 Å². The summed E-state index contributed by atoms with van der Waals surface area (Å²) >= 11 is 0. The molecule has 1 rings (SSSR count). The average Bonchev–Trinajstić information content (AvgIpc) is 2.46. The zero-order valence-corrected chi connectivity index (χ0v) is 12.6. The van der Waals surface area contributed by atoms with E-state index in [2.05, 4.69) is 43.0 Å². The maximum Gasteiger partial charge on any atom is 0.216 e. The molecule has 0 fully saturated rings. The third-order valence-corrected chi connectivity index (χ3v) is 3.28. The molecule has 0 aliphatic heterocycles. The predicted octanol–water partition coefficient (Wildman–Crippen LogP) is 3.15. The van der Waals surface area contributed by atoms with Gasteiger partial charge in [0, 0.05) is 18.0 Å². The summed E-state index contributed by atoms with van der Waals surface area (Å²) in [6, 6.07) is 2.42. The van der Waals surface area contributed by atoms with E-state index in [-0.39, 0.29) is 0 Å². The lowest BCUT2D eigenvalue weighted by atomic mass is 9.95. The average molecular weight is 265 g/mol. The number of nitrogens with one attached hydrogen (secondary N) is 1. The SMILES string of the molecule is CCCNC(CC)C(C)c1cc(OCCC)ncn1. The summed E-state index contributed by atoms with van der Waals surface area (Å²) in [5.74, 6) is 1.05. The van der Waals surface area contributed by atoms with Crippen molar-refractivity contribution in [3.63, 3.8) is 0 Å². The molecule has 0 aromatic carbocycles. The highest BCUT2D eigenvalue weighted by Crippen LogP contribution is 2.21. The van der Waals surface area contributed by atoms with Crippen LogP contribution in [0.25, 0.3) is 0 Å². The molecule has 4 heteroatoms. The van der Waals surface area contributed by atoms with E-state index in [0.29, 0.717) is 24.4 Å². The third kappa shape index (κ3) is 5.15. The monoisotopic (exact) mass is 265 g/mol. The first-order valence-electron chi connectivity index (χ1n) is 7.40. The Balaban J connectivity index is 2.70. The van der Waals surface area contributed by atoms with Gasteiger partial charge in [0.15, 0.2) is 0 Å². The molecule has 0 bridgehead atoms. The molecule has 1 aromatic rings. The molecule has 0 spiro atoms. The lowest BCUT2D eigenvalue weighted by molar-refractivity contribution is 0.303. The van der Waals surface area contributed by atoms with Gasteiger partial charge in [-0.2, -0.15) is 0 Å². The summed E-state index contributed by atoms with van der Waals surface area (Å²) in [7, 11) is 0. The van der Waals surface area contributed by atoms with Crippen LogP contribution in [0.3, 0.4) is 0 Å². The minimum Gasteiger partial charge on any atom is -0.478 e. The fourth-order valence-electron chi connectivity index (χ4n) is 2.10. The van der Waals surface area contributed by atoms with Gasteiger partial charge >= 0.3 is 0 Å². The van der Waals surface area contributed by atoms with E-state index in [1.807, 2.05) is 6.07 Å². The molecule has 1 aromatic heterocycles. The van der Waals surface area contributed by atoms with E-state index < -0.39 is 0 Å². The van der Waals surface area contributed by atoms with Gasteiger partial charge in [-0.25, -0.2) is 9.97 Å². The Hall–Kier alpha value is -1.16. The number of ether oxygens (including phenoxy) is 1. The molecule has 108 valence electrons. The van der Waals surface area contributed by atoms with Crippen LogP contribution < -0.4 is 10.1 Å². The van der Waals surface area contributed by atoms with Crippen LogP contribution in [0, 0.1) is 0 Å². The fourth-order valence-corrected chi connectivity index (χ4v) is 2.10. The molecular weight excluding hydrogens is 238 g/mol. The molecule has 0 saturated carbocycles. The summed E-state index contributed by atoms with van der Waals surface area (Å²) in [5, 5.41) is 3.58. The number of hydrogen-bond donors (Lipinski definition) is 1. The Bertz CT molecular complexity index is 357. The first-order valence-corrected chi connectivity index (χ1v) is 7.40. The second kappa shape index (κ2) is 8.86. The van der Waals surface area contributed by atoms with E-state index in [0.717, 1.165) is 31.5 Å². The predicted molar refractivity (Wildman–Crippen MR) is 78.6 cm³/mol. The van der Waals surface area contributed by atoms with Crippen molar-refractivity contribution in [3.05, 3.63) is 18.1 Å². The van der Waals surface area contributed by atoms with Crippen molar-refractivity contribution in [2.75, 3.05) is 13.2 Å². The zero-order chi connectivity index (χ0) is 14.1. The highest BCUT2D eigenvalue weighted by atomic mass is 16.5. The van der Waals surface area contributed by atoms with Gasteiger partial charge in [-0.1, -0.05) is 27.7 Å². The van der Waals surface area contributed by atoms with Crippen molar-refractivity contribution in [3.8, 4) is 5.88 Å². The summed E-state index contributed by atoms with van der Waals surface area (Å²) < 4.78 is 5.57. The number of rotatable bonds is 9.